The summed E-state index contributed by atoms with van der Waals surface area (Å²) < 4.78 is 5.33. The molecule has 8 heteroatoms. The van der Waals surface area contributed by atoms with Gasteiger partial charge in [-0.2, -0.15) is 0 Å². The summed E-state index contributed by atoms with van der Waals surface area (Å²) in [5, 5.41) is 15.7. The topological polar surface area (TPSA) is 108 Å². The molecule has 214 valence electrons. The minimum atomic E-state index is -1.29. The van der Waals surface area contributed by atoms with Crippen molar-refractivity contribution in [2.45, 2.75) is 92.0 Å². The van der Waals surface area contributed by atoms with E-state index < -0.39 is 36.3 Å². The van der Waals surface area contributed by atoms with E-state index in [1.54, 1.807) is 32.9 Å². The molecular weight excluding hydrogens is 494 g/mol. The summed E-state index contributed by atoms with van der Waals surface area (Å²) in [6.07, 6.45) is 0.642. The molecule has 0 aromatic heterocycles. The van der Waals surface area contributed by atoms with Crippen LogP contribution in [-0.2, 0) is 14.3 Å². The van der Waals surface area contributed by atoms with Gasteiger partial charge in [-0.05, 0) is 77.0 Å². The molecule has 0 aliphatic rings. The number of hydrogen-bond donors (Lipinski definition) is 3. The Balaban J connectivity index is 2.56. The van der Waals surface area contributed by atoms with Gasteiger partial charge in [-0.25, -0.2) is 4.79 Å². The Kier molecular flexibility index (Phi) is 11.5. The van der Waals surface area contributed by atoms with Crippen molar-refractivity contribution in [1.29, 1.82) is 0 Å². The molecule has 39 heavy (non-hydrogen) atoms. The van der Waals surface area contributed by atoms with E-state index in [2.05, 4.69) is 24.5 Å². The lowest BCUT2D eigenvalue weighted by molar-refractivity contribution is -0.144. The molecule has 2 rings (SSSR count). The minimum absolute atomic E-state index is 0.372. The maximum absolute atomic E-state index is 14.1. The number of alkyl carbamates (subject to hydrolysis) is 1. The Morgan fingerprint density at radius 1 is 0.923 bits per heavy atom. The van der Waals surface area contributed by atoms with E-state index in [0.29, 0.717) is 23.6 Å². The van der Waals surface area contributed by atoms with E-state index >= 15 is 0 Å². The van der Waals surface area contributed by atoms with Gasteiger partial charge in [0.25, 0.3) is 5.91 Å². The van der Waals surface area contributed by atoms with E-state index in [4.69, 9.17) is 4.74 Å². The normalized spacial score (nSPS) is 13.8. The Morgan fingerprint density at radius 2 is 1.51 bits per heavy atom. The van der Waals surface area contributed by atoms with Crippen molar-refractivity contribution in [1.82, 2.24) is 10.2 Å². The van der Waals surface area contributed by atoms with Crippen LogP contribution in [0, 0.1) is 19.8 Å². The number of carbonyl (C=O) groups excluding carboxylic acids is 3. The van der Waals surface area contributed by atoms with Crippen LogP contribution in [0.2, 0.25) is 0 Å². The molecule has 0 saturated carbocycles. The Labute approximate surface area is 233 Å². The summed E-state index contributed by atoms with van der Waals surface area (Å²) in [5.41, 5.74) is 2.34. The standard InChI is InChI=1S/C31H45N3O5/c1-20(2)17-18-23(5)34(29(37)25(19-35)32-30(38)39-31(6,7)8)27(24-15-10-9-11-16-24)28(36)33-26-21(3)13-12-14-22(26)4/h9-16,20,23,25,27,35H,17-19H2,1-8H3,(H,32,38)(H,33,36). The van der Waals surface area contributed by atoms with Crippen molar-refractivity contribution in [2.24, 2.45) is 5.92 Å². The summed E-state index contributed by atoms with van der Waals surface area (Å²) in [6.45, 7) is 14.4. The molecule has 0 fully saturated rings. The average molecular weight is 540 g/mol. The minimum Gasteiger partial charge on any atom is -0.444 e. The van der Waals surface area contributed by atoms with Crippen molar-refractivity contribution in [2.75, 3.05) is 11.9 Å². The molecule has 0 radical (unpaired) electrons. The molecule has 3 unspecified atom stereocenters. The third kappa shape index (κ3) is 9.39. The average Bonchev–Trinajstić information content (AvgIpc) is 2.85. The number of anilines is 1. The number of nitrogens with zero attached hydrogens (tertiary/aromatic N) is 1. The number of aliphatic hydroxyl groups excluding tert-OH is 1. The molecule has 3 atom stereocenters. The first-order valence-electron chi connectivity index (χ1n) is 13.6. The monoisotopic (exact) mass is 539 g/mol. The van der Waals surface area contributed by atoms with Crippen LogP contribution in [0.4, 0.5) is 10.5 Å². The quantitative estimate of drug-likeness (QED) is 0.348. The molecular formula is C31H45N3O5. The maximum atomic E-state index is 14.1. The highest BCUT2D eigenvalue weighted by Gasteiger charge is 2.39. The highest BCUT2D eigenvalue weighted by molar-refractivity contribution is 6.00. The number of ether oxygens (including phenoxy) is 1. The fourth-order valence-corrected chi connectivity index (χ4v) is 4.40. The zero-order valence-electron chi connectivity index (χ0n) is 24.6. The molecule has 8 nitrogen and oxygen atoms in total. The molecule has 0 aliphatic carbocycles. The van der Waals surface area contributed by atoms with Gasteiger partial charge in [-0.15, -0.1) is 0 Å². The van der Waals surface area contributed by atoms with Crippen LogP contribution >= 0.6 is 0 Å². The SMILES string of the molecule is Cc1cccc(C)c1NC(=O)C(c1ccccc1)N(C(=O)C(CO)NC(=O)OC(C)(C)C)C(C)CCC(C)C. The Morgan fingerprint density at radius 3 is 2.03 bits per heavy atom. The number of rotatable bonds is 11. The first kappa shape index (κ1) is 31.8. The van der Waals surface area contributed by atoms with Gasteiger partial charge < -0.3 is 25.4 Å². The highest BCUT2D eigenvalue weighted by Crippen LogP contribution is 2.30. The van der Waals surface area contributed by atoms with E-state index in [0.717, 1.165) is 17.5 Å². The van der Waals surface area contributed by atoms with Gasteiger partial charge in [0, 0.05) is 11.7 Å². The Hall–Kier alpha value is -3.39. The number of benzene rings is 2. The van der Waals surface area contributed by atoms with Crippen molar-refractivity contribution in [3.8, 4) is 0 Å². The van der Waals surface area contributed by atoms with Crippen molar-refractivity contribution < 1.29 is 24.2 Å². The highest BCUT2D eigenvalue weighted by atomic mass is 16.6. The van der Waals surface area contributed by atoms with Crippen molar-refractivity contribution in [3.05, 3.63) is 65.2 Å². The third-order valence-electron chi connectivity index (χ3n) is 6.43. The number of amides is 3. The number of nitrogens with one attached hydrogen (secondary N) is 2. The number of aliphatic hydroxyl groups is 1. The van der Waals surface area contributed by atoms with E-state index in [1.165, 1.54) is 4.90 Å². The van der Waals surface area contributed by atoms with Crippen LogP contribution in [0.15, 0.2) is 48.5 Å². The van der Waals surface area contributed by atoms with Crippen LogP contribution in [-0.4, -0.2) is 52.2 Å². The van der Waals surface area contributed by atoms with Crippen LogP contribution in [0.3, 0.4) is 0 Å². The van der Waals surface area contributed by atoms with Crippen LogP contribution in [0.5, 0.6) is 0 Å². The molecule has 2 aromatic rings. The Bertz CT molecular complexity index is 1090. The first-order chi connectivity index (χ1) is 18.2. The van der Waals surface area contributed by atoms with Gasteiger partial charge in [0.2, 0.25) is 5.91 Å². The van der Waals surface area contributed by atoms with Gasteiger partial charge in [0.15, 0.2) is 0 Å². The zero-order valence-corrected chi connectivity index (χ0v) is 24.6. The van der Waals surface area contributed by atoms with Gasteiger partial charge in [0.1, 0.15) is 17.7 Å². The number of para-hydroxylation sites is 1. The summed E-state index contributed by atoms with van der Waals surface area (Å²) in [4.78, 5) is 42.2. The fourth-order valence-electron chi connectivity index (χ4n) is 4.40. The van der Waals surface area contributed by atoms with Gasteiger partial charge in [-0.3, -0.25) is 9.59 Å². The molecule has 0 bridgehead atoms. The van der Waals surface area contributed by atoms with Gasteiger partial charge in [0.05, 0.1) is 6.61 Å². The lowest BCUT2D eigenvalue weighted by Gasteiger charge is -2.38. The second-order valence-electron chi connectivity index (χ2n) is 11.5. The van der Waals surface area contributed by atoms with Crippen LogP contribution in [0.1, 0.15) is 77.1 Å². The lowest BCUT2D eigenvalue weighted by atomic mass is 9.97. The molecule has 0 heterocycles. The van der Waals surface area contributed by atoms with Gasteiger partial charge in [-0.1, -0.05) is 62.4 Å². The molecule has 3 N–H and O–H groups in total. The van der Waals surface area contributed by atoms with Crippen LogP contribution < -0.4 is 10.6 Å². The zero-order chi connectivity index (χ0) is 29.3. The third-order valence-corrected chi connectivity index (χ3v) is 6.43. The smallest absolute Gasteiger partial charge is 0.408 e. The molecule has 0 aliphatic heterocycles. The van der Waals surface area contributed by atoms with Crippen molar-refractivity contribution >= 4 is 23.6 Å². The predicted octanol–water partition coefficient (Wildman–Crippen LogP) is 5.52. The molecule has 0 spiro atoms. The number of carbonyl (C=O) groups is 3. The molecule has 3 amide bonds. The summed E-state index contributed by atoms with van der Waals surface area (Å²) in [7, 11) is 0. The predicted molar refractivity (Wildman–Crippen MR) is 154 cm³/mol. The number of aryl methyl sites for hydroxylation is 2. The largest absolute Gasteiger partial charge is 0.444 e. The maximum Gasteiger partial charge on any atom is 0.408 e. The summed E-state index contributed by atoms with van der Waals surface area (Å²) >= 11 is 0. The van der Waals surface area contributed by atoms with E-state index in [9.17, 15) is 19.5 Å². The second-order valence-corrected chi connectivity index (χ2v) is 11.5. The van der Waals surface area contributed by atoms with E-state index in [-0.39, 0.29) is 11.9 Å². The first-order valence-corrected chi connectivity index (χ1v) is 13.6. The molecule has 2 aromatic carbocycles. The summed E-state index contributed by atoms with van der Waals surface area (Å²) in [5.74, 6) is -0.557. The van der Waals surface area contributed by atoms with Crippen molar-refractivity contribution in [3.63, 3.8) is 0 Å². The fraction of sp³-hybridized carbons (Fsp3) is 0.516. The molecule has 0 saturated heterocycles. The lowest BCUT2D eigenvalue weighted by Crippen LogP contribution is -2.56. The van der Waals surface area contributed by atoms with E-state index in [1.807, 2.05) is 57.2 Å². The summed E-state index contributed by atoms with van der Waals surface area (Å²) in [6, 6.07) is 12.2. The van der Waals surface area contributed by atoms with Crippen LogP contribution in [0.25, 0.3) is 0 Å². The number of hydrogen-bond acceptors (Lipinski definition) is 5. The second kappa shape index (κ2) is 14.1. The van der Waals surface area contributed by atoms with Gasteiger partial charge >= 0.3 is 6.09 Å².